The van der Waals surface area contributed by atoms with Crippen molar-refractivity contribution in [2.45, 2.75) is 11.1 Å². The first-order valence-corrected chi connectivity index (χ1v) is 6.79. The third-order valence-corrected chi connectivity index (χ3v) is 4.13. The fraction of sp³-hybridized carbons (Fsp3) is 0.333. The van der Waals surface area contributed by atoms with E-state index in [1.165, 1.54) is 18.2 Å². The fourth-order valence-electron chi connectivity index (χ4n) is 1.03. The zero-order valence-corrected chi connectivity index (χ0v) is 10.8. The summed E-state index contributed by atoms with van der Waals surface area (Å²) in [7, 11) is -3.88. The molecule has 0 bridgehead atoms. The number of hydrogen-bond acceptors (Lipinski definition) is 3. The smallest absolute Gasteiger partial charge is 0.356 e. The van der Waals surface area contributed by atoms with Crippen LogP contribution in [-0.4, -0.2) is 27.1 Å². The van der Waals surface area contributed by atoms with Crippen LogP contribution in [0.25, 0.3) is 0 Å². The van der Waals surface area contributed by atoms with E-state index in [0.717, 1.165) is 0 Å². The Hall–Kier alpha value is -0.600. The van der Waals surface area contributed by atoms with Gasteiger partial charge in [0.05, 0.1) is 4.90 Å². The zero-order valence-electron chi connectivity index (χ0n) is 8.37. The lowest BCUT2D eigenvalue weighted by molar-refractivity contribution is -0.169. The second kappa shape index (κ2) is 5.36. The molecule has 0 unspecified atom stereocenters. The van der Waals surface area contributed by atoms with Gasteiger partial charge in [0, 0.05) is 4.47 Å². The third-order valence-electron chi connectivity index (χ3n) is 1.68. The van der Waals surface area contributed by atoms with E-state index in [-0.39, 0.29) is 9.37 Å². The van der Waals surface area contributed by atoms with Gasteiger partial charge in [0.2, 0.25) is 9.84 Å². The second-order valence-corrected chi connectivity index (χ2v) is 5.89. The van der Waals surface area contributed by atoms with E-state index in [9.17, 15) is 21.6 Å². The lowest BCUT2D eigenvalue weighted by atomic mass is 10.4. The summed E-state index contributed by atoms with van der Waals surface area (Å²) >= 11 is 3.01. The van der Waals surface area contributed by atoms with Gasteiger partial charge >= 0.3 is 6.18 Å². The predicted octanol–water partition coefficient (Wildman–Crippen LogP) is 2.76. The van der Waals surface area contributed by atoms with Crippen molar-refractivity contribution in [3.05, 3.63) is 28.7 Å². The molecule has 0 N–H and O–H groups in total. The minimum atomic E-state index is -4.54. The molecule has 0 amide bonds. The zero-order chi connectivity index (χ0) is 13.1. The first-order valence-electron chi connectivity index (χ1n) is 4.34. The molecule has 0 aliphatic rings. The van der Waals surface area contributed by atoms with Gasteiger partial charge in [-0.05, 0) is 28.1 Å². The summed E-state index contributed by atoms with van der Waals surface area (Å²) in [5, 5.41) is 0. The van der Waals surface area contributed by atoms with Crippen LogP contribution in [0.3, 0.4) is 0 Å². The monoisotopic (exact) mass is 332 g/mol. The Morgan fingerprint density at radius 3 is 2.35 bits per heavy atom. The van der Waals surface area contributed by atoms with E-state index in [4.69, 9.17) is 0 Å². The van der Waals surface area contributed by atoms with Crippen molar-refractivity contribution in [2.24, 2.45) is 0 Å². The summed E-state index contributed by atoms with van der Waals surface area (Å²) in [6.45, 7) is -1.59. The molecule has 0 aliphatic carbocycles. The standard InChI is InChI=1S/C9H8BrF3O3S/c10-7-3-1-2-4-8(7)17(14,15)6-16-5-9(11,12)13/h1-4H,5-6H2. The largest absolute Gasteiger partial charge is 0.411 e. The minimum absolute atomic E-state index is 0.0952. The van der Waals surface area contributed by atoms with E-state index in [1.807, 2.05) is 0 Å². The number of hydrogen-bond donors (Lipinski definition) is 0. The van der Waals surface area contributed by atoms with Crippen LogP contribution in [0.15, 0.2) is 33.6 Å². The van der Waals surface area contributed by atoms with Crippen molar-refractivity contribution in [1.82, 2.24) is 0 Å². The maximum Gasteiger partial charge on any atom is 0.411 e. The molecule has 0 heterocycles. The first kappa shape index (κ1) is 14.5. The van der Waals surface area contributed by atoms with Gasteiger partial charge in [-0.3, -0.25) is 0 Å². The Labute approximate surface area is 105 Å². The summed E-state index contributed by atoms with van der Waals surface area (Å²) in [5.74, 6) is -1.00. The Bertz CT molecular complexity index is 485. The number of sulfone groups is 1. The number of ether oxygens (including phenoxy) is 1. The summed E-state index contributed by atoms with van der Waals surface area (Å²) in [6, 6.07) is 5.84. The van der Waals surface area contributed by atoms with E-state index in [2.05, 4.69) is 20.7 Å². The lowest BCUT2D eigenvalue weighted by Crippen LogP contribution is -2.20. The molecule has 0 saturated heterocycles. The lowest BCUT2D eigenvalue weighted by Gasteiger charge is -2.09. The van der Waals surface area contributed by atoms with Crippen molar-refractivity contribution < 1.29 is 26.3 Å². The van der Waals surface area contributed by atoms with Crippen LogP contribution < -0.4 is 0 Å². The molecule has 1 aromatic rings. The number of halogens is 4. The third kappa shape index (κ3) is 4.64. The van der Waals surface area contributed by atoms with Crippen LogP contribution in [0.2, 0.25) is 0 Å². The van der Waals surface area contributed by atoms with Crippen LogP contribution in [0.4, 0.5) is 13.2 Å². The van der Waals surface area contributed by atoms with Gasteiger partial charge in [-0.2, -0.15) is 13.2 Å². The summed E-state index contributed by atoms with van der Waals surface area (Å²) in [5.41, 5.74) is 0. The van der Waals surface area contributed by atoms with Crippen molar-refractivity contribution >= 4 is 25.8 Å². The Morgan fingerprint density at radius 1 is 1.24 bits per heavy atom. The first-order chi connectivity index (χ1) is 7.72. The number of alkyl halides is 3. The molecule has 1 rings (SSSR count). The van der Waals surface area contributed by atoms with Crippen LogP contribution >= 0.6 is 15.9 Å². The van der Waals surface area contributed by atoms with E-state index in [1.54, 1.807) is 6.07 Å². The predicted molar refractivity (Wildman–Crippen MR) is 58.2 cm³/mol. The Balaban J connectivity index is 2.74. The molecule has 0 aliphatic heterocycles. The van der Waals surface area contributed by atoms with Gasteiger partial charge in [-0.1, -0.05) is 12.1 Å². The Kier molecular flexibility index (Phi) is 4.56. The second-order valence-electron chi connectivity index (χ2n) is 3.13. The van der Waals surface area contributed by atoms with Crippen molar-refractivity contribution in [1.29, 1.82) is 0 Å². The molecule has 0 spiro atoms. The molecule has 0 fully saturated rings. The van der Waals surface area contributed by atoms with Crippen LogP contribution in [0.5, 0.6) is 0 Å². The number of benzene rings is 1. The topological polar surface area (TPSA) is 43.4 Å². The normalized spacial score (nSPS) is 12.7. The molecule has 8 heteroatoms. The summed E-state index contributed by atoms with van der Waals surface area (Å²) in [4.78, 5) is -0.0952. The van der Waals surface area contributed by atoms with Gasteiger partial charge in [0.25, 0.3) is 0 Å². The molecular weight excluding hydrogens is 325 g/mol. The molecule has 96 valence electrons. The quantitative estimate of drug-likeness (QED) is 0.851. The van der Waals surface area contributed by atoms with Crippen LogP contribution in [0.1, 0.15) is 0 Å². The molecule has 0 saturated carbocycles. The maximum atomic E-state index is 11.8. The van der Waals surface area contributed by atoms with Crippen molar-refractivity contribution in [3.63, 3.8) is 0 Å². The molecule has 0 atom stereocenters. The average molecular weight is 333 g/mol. The van der Waals surface area contributed by atoms with Gasteiger partial charge in [0.15, 0.2) is 5.94 Å². The summed E-state index contributed by atoms with van der Waals surface area (Å²) < 4.78 is 63.0. The fourth-order valence-corrected chi connectivity index (χ4v) is 3.13. The van der Waals surface area contributed by atoms with Gasteiger partial charge < -0.3 is 4.74 Å². The highest BCUT2D eigenvalue weighted by atomic mass is 79.9. The van der Waals surface area contributed by atoms with Gasteiger partial charge in [-0.25, -0.2) is 8.42 Å². The molecule has 17 heavy (non-hydrogen) atoms. The molecule has 1 aromatic carbocycles. The maximum absolute atomic E-state index is 11.8. The average Bonchev–Trinajstić information content (AvgIpc) is 2.15. The van der Waals surface area contributed by atoms with E-state index < -0.39 is 28.6 Å². The summed E-state index contributed by atoms with van der Waals surface area (Å²) in [6.07, 6.45) is -4.54. The van der Waals surface area contributed by atoms with E-state index in [0.29, 0.717) is 0 Å². The molecule has 3 nitrogen and oxygen atoms in total. The molecule has 0 radical (unpaired) electrons. The molecular formula is C9H8BrF3O3S. The van der Waals surface area contributed by atoms with Crippen LogP contribution in [0, 0.1) is 0 Å². The SMILES string of the molecule is O=S(=O)(COCC(F)(F)F)c1ccccc1Br. The van der Waals surface area contributed by atoms with Crippen molar-refractivity contribution in [3.8, 4) is 0 Å². The van der Waals surface area contributed by atoms with Crippen LogP contribution in [-0.2, 0) is 14.6 Å². The van der Waals surface area contributed by atoms with Crippen molar-refractivity contribution in [2.75, 3.05) is 12.5 Å². The highest BCUT2D eigenvalue weighted by Gasteiger charge is 2.29. The van der Waals surface area contributed by atoms with E-state index >= 15 is 0 Å². The number of rotatable bonds is 4. The van der Waals surface area contributed by atoms with Gasteiger partial charge in [-0.15, -0.1) is 0 Å². The Morgan fingerprint density at radius 2 is 1.82 bits per heavy atom. The highest BCUT2D eigenvalue weighted by Crippen LogP contribution is 2.23. The molecule has 0 aromatic heterocycles. The highest BCUT2D eigenvalue weighted by molar-refractivity contribution is 9.10. The van der Waals surface area contributed by atoms with Gasteiger partial charge in [0.1, 0.15) is 6.61 Å². The minimum Gasteiger partial charge on any atom is -0.356 e.